The molecule has 6 aromatic rings. The van der Waals surface area contributed by atoms with Gasteiger partial charge in [0.2, 0.25) is 17.7 Å². The molecular formula is C65H83ClFN11O9S. The van der Waals surface area contributed by atoms with E-state index < -0.39 is 47.0 Å². The molecular weight excluding hydrogens is 1170 g/mol. The normalized spacial score (nSPS) is 19.3. The van der Waals surface area contributed by atoms with Gasteiger partial charge in [0.25, 0.3) is 0 Å². The molecule has 472 valence electrons. The summed E-state index contributed by atoms with van der Waals surface area (Å²) in [6.45, 7) is 23.6. The minimum atomic E-state index is -0.922. The summed E-state index contributed by atoms with van der Waals surface area (Å²) in [5, 5.41) is 29.6. The molecule has 6 heterocycles. The topological polar surface area (TPSA) is 219 Å². The van der Waals surface area contributed by atoms with Crippen molar-refractivity contribution in [2.45, 2.75) is 111 Å². The van der Waals surface area contributed by atoms with Crippen molar-refractivity contribution in [1.29, 1.82) is 0 Å². The number of aromatic nitrogens is 3. The number of ether oxygens (including phenoxy) is 3. The van der Waals surface area contributed by atoms with E-state index in [1.54, 1.807) is 28.4 Å². The zero-order valence-electron chi connectivity index (χ0n) is 51.7. The number of fused-ring (bicyclic) bond motifs is 2. The Morgan fingerprint density at radius 3 is 2.16 bits per heavy atom. The lowest BCUT2D eigenvalue weighted by Crippen LogP contribution is -2.59. The summed E-state index contributed by atoms with van der Waals surface area (Å²) in [5.74, 6) is -1.27. The number of likely N-dealkylation sites (tertiary alicyclic amines) is 2. The van der Waals surface area contributed by atoms with Gasteiger partial charge in [-0.25, -0.2) is 14.2 Å². The first kappa shape index (κ1) is 64.2. The number of phenols is 1. The van der Waals surface area contributed by atoms with Gasteiger partial charge in [0.15, 0.2) is 5.82 Å². The average molecular weight is 1250 g/mol. The van der Waals surface area contributed by atoms with Gasteiger partial charge >= 0.3 is 12.1 Å². The number of nitrogens with one attached hydrogen (secondary N) is 2. The maximum absolute atomic E-state index is 17.3. The van der Waals surface area contributed by atoms with Crippen molar-refractivity contribution in [3.63, 3.8) is 0 Å². The van der Waals surface area contributed by atoms with Crippen molar-refractivity contribution in [3.8, 4) is 33.3 Å². The number of nitrogens with zero attached hydrogens (tertiary/aromatic N) is 9. The number of piperazine rings is 2. The molecule has 4 atom stereocenters. The minimum Gasteiger partial charge on any atom is -0.508 e. The van der Waals surface area contributed by atoms with Gasteiger partial charge in [0.1, 0.15) is 40.9 Å². The molecule has 0 unspecified atom stereocenters. The van der Waals surface area contributed by atoms with E-state index in [9.17, 15) is 29.4 Å². The molecule has 10 rings (SSSR count). The number of thiazole rings is 1. The lowest BCUT2D eigenvalue weighted by molar-refractivity contribution is -0.144. The fraction of sp³-hybridized carbons (Fsp3) is 0.523. The Labute approximate surface area is 523 Å². The number of carbonyl (C=O) groups is 4. The number of β-amino-alcohol motifs (C(OH)–C–C–N with tert-alkyl or cyclic N) is 1. The molecule has 4 N–H and O–H groups in total. The number of piperidine rings is 1. The van der Waals surface area contributed by atoms with Crippen LogP contribution in [0.1, 0.15) is 85.0 Å². The lowest BCUT2D eigenvalue weighted by atomic mass is 9.85. The van der Waals surface area contributed by atoms with Gasteiger partial charge < -0.3 is 54.7 Å². The van der Waals surface area contributed by atoms with Gasteiger partial charge in [0, 0.05) is 102 Å². The molecule has 4 aliphatic rings. The standard InChI is InChI=1S/C65H83ClFN11O9S/c1-40(42-13-15-43(16-14-42)57-41(2)68-39-88-57)69-60(82)52-35-46(80)37-78(52)61(83)58(64(3,4)5)70-53(81)38-75-23-21-74(22-24-75)30-32-85-31-29-73-19-17-47(18-20-73)86-62-71-56-50(59(72-62)76-25-27-77(28-26-76)63(84)87-65(6,7)8)36-51(66)54(55(56)67)49-34-45(79)33-44-11-9-10-12-48(44)49/h9-16,33-34,36,39-40,46-47,52,58,79-80H,17-32,35,37-38H2,1-8H3,(H,69,82)(H,70,81)/t40-,46+,52-,58+/m0/s1. The molecule has 0 aliphatic carbocycles. The van der Waals surface area contributed by atoms with Gasteiger partial charge in [-0.1, -0.05) is 80.9 Å². The molecule has 23 heteroatoms. The highest BCUT2D eigenvalue weighted by Gasteiger charge is 2.45. The van der Waals surface area contributed by atoms with Gasteiger partial charge in [-0.05, 0) is 98.5 Å². The van der Waals surface area contributed by atoms with Gasteiger partial charge in [-0.15, -0.1) is 11.3 Å². The van der Waals surface area contributed by atoms with Crippen LogP contribution >= 0.6 is 22.9 Å². The molecule has 2 aromatic heterocycles. The number of aliphatic hydroxyl groups is 1. The summed E-state index contributed by atoms with van der Waals surface area (Å²) >= 11 is 8.56. The number of carbonyl (C=O) groups excluding carboxylic acids is 4. The predicted octanol–water partition coefficient (Wildman–Crippen LogP) is 8.28. The van der Waals surface area contributed by atoms with Crippen LogP contribution in [0.2, 0.25) is 5.02 Å². The third-order valence-electron chi connectivity index (χ3n) is 17.0. The van der Waals surface area contributed by atoms with Crippen molar-refractivity contribution in [3.05, 3.63) is 94.3 Å². The number of aliphatic hydroxyl groups excluding tert-OH is 1. The number of halogens is 2. The van der Waals surface area contributed by atoms with Crippen molar-refractivity contribution in [2.24, 2.45) is 5.41 Å². The number of anilines is 1. The van der Waals surface area contributed by atoms with Gasteiger partial charge in [-0.2, -0.15) is 9.97 Å². The predicted molar refractivity (Wildman–Crippen MR) is 339 cm³/mol. The molecule has 88 heavy (non-hydrogen) atoms. The zero-order chi connectivity index (χ0) is 62.6. The maximum atomic E-state index is 17.3. The number of hydrogen-bond donors (Lipinski definition) is 4. The van der Waals surface area contributed by atoms with Gasteiger partial charge in [-0.3, -0.25) is 24.2 Å². The third-order valence-corrected chi connectivity index (χ3v) is 18.3. The van der Waals surface area contributed by atoms with Crippen molar-refractivity contribution >= 4 is 74.2 Å². The summed E-state index contributed by atoms with van der Waals surface area (Å²) in [4.78, 5) is 81.7. The van der Waals surface area contributed by atoms with E-state index >= 15 is 4.39 Å². The van der Waals surface area contributed by atoms with Crippen LogP contribution in [0.15, 0.2) is 72.2 Å². The quantitative estimate of drug-likeness (QED) is 0.0595. The van der Waals surface area contributed by atoms with Crippen LogP contribution in [0.4, 0.5) is 15.0 Å². The third kappa shape index (κ3) is 15.4. The molecule has 0 spiro atoms. The molecule has 4 aliphatic heterocycles. The number of phenolic OH excluding ortho intramolecular Hbond substituents is 1. The second kappa shape index (κ2) is 27.5. The van der Waals surface area contributed by atoms with Crippen LogP contribution in [-0.2, 0) is 23.9 Å². The zero-order valence-corrected chi connectivity index (χ0v) is 53.3. The Balaban J connectivity index is 0.674. The summed E-state index contributed by atoms with van der Waals surface area (Å²) in [5.41, 5.74) is 3.99. The first-order valence-corrected chi connectivity index (χ1v) is 31.9. The number of amides is 4. The second-order valence-corrected chi connectivity index (χ2v) is 27.0. The second-order valence-electron chi connectivity index (χ2n) is 25.7. The van der Waals surface area contributed by atoms with E-state index in [0.717, 1.165) is 66.4 Å². The molecule has 4 saturated heterocycles. The van der Waals surface area contributed by atoms with E-state index in [-0.39, 0.29) is 71.3 Å². The van der Waals surface area contributed by atoms with Gasteiger partial charge in [0.05, 0.1) is 53.0 Å². The first-order valence-electron chi connectivity index (χ1n) is 30.6. The van der Waals surface area contributed by atoms with E-state index in [1.165, 1.54) is 11.0 Å². The molecule has 4 fully saturated rings. The summed E-state index contributed by atoms with van der Waals surface area (Å²) < 4.78 is 35.6. The fourth-order valence-corrected chi connectivity index (χ4v) is 13.2. The Morgan fingerprint density at radius 2 is 1.50 bits per heavy atom. The number of aromatic hydroxyl groups is 1. The molecule has 0 bridgehead atoms. The summed E-state index contributed by atoms with van der Waals surface area (Å²) in [6.07, 6.45) is -0.0180. The van der Waals surface area contributed by atoms with Crippen molar-refractivity contribution in [1.82, 2.24) is 50.1 Å². The largest absolute Gasteiger partial charge is 0.508 e. The number of rotatable bonds is 18. The first-order chi connectivity index (χ1) is 42.0. The van der Waals surface area contributed by atoms with Crippen LogP contribution in [-0.4, -0.2) is 208 Å². The monoisotopic (exact) mass is 1250 g/mol. The van der Waals surface area contributed by atoms with Crippen LogP contribution in [0.25, 0.3) is 43.2 Å². The lowest BCUT2D eigenvalue weighted by Gasteiger charge is -2.37. The molecule has 4 aromatic carbocycles. The highest BCUT2D eigenvalue weighted by atomic mass is 35.5. The van der Waals surface area contributed by atoms with Crippen molar-refractivity contribution in [2.75, 3.05) is 110 Å². The summed E-state index contributed by atoms with van der Waals surface area (Å²) in [6, 6.07) is 18.1. The molecule has 4 amide bonds. The van der Waals surface area contributed by atoms with Crippen LogP contribution in [0, 0.1) is 18.2 Å². The Bertz CT molecular complexity index is 3470. The average Bonchev–Trinajstić information content (AvgIpc) is 1.36. The minimum absolute atomic E-state index is 0.00360. The smallest absolute Gasteiger partial charge is 0.410 e. The maximum Gasteiger partial charge on any atom is 0.410 e. The number of benzene rings is 4. The highest BCUT2D eigenvalue weighted by molar-refractivity contribution is 7.13. The van der Waals surface area contributed by atoms with E-state index in [4.69, 9.17) is 35.8 Å². The molecule has 0 radical (unpaired) electrons. The van der Waals surface area contributed by atoms with Crippen LogP contribution in [0.5, 0.6) is 11.8 Å². The van der Waals surface area contributed by atoms with Crippen molar-refractivity contribution < 1.29 is 48.0 Å². The number of hydrogen-bond acceptors (Lipinski definition) is 17. The molecule has 0 saturated carbocycles. The summed E-state index contributed by atoms with van der Waals surface area (Å²) in [7, 11) is 0. The Kier molecular flexibility index (Phi) is 20.1. The van der Waals surface area contributed by atoms with E-state index in [2.05, 4.69) is 30.3 Å². The highest BCUT2D eigenvalue weighted by Crippen LogP contribution is 2.43. The number of aryl methyl sites for hydroxylation is 1. The SMILES string of the molecule is Cc1ncsc1-c1ccc([C@H](C)NC(=O)[C@@H]2C[C@@H](O)CN2C(=O)[C@@H](NC(=O)CN2CCN(CCOCCN3CCC(Oc4nc(N5CCN(C(=O)OC(C)(C)C)CC5)c5cc(Cl)c(-c6cc(O)cc7ccccc67)c(F)c5n4)CC3)CC2)C(C)(C)C)cc1. The van der Waals surface area contributed by atoms with Crippen LogP contribution in [0.3, 0.4) is 0 Å². The van der Waals surface area contributed by atoms with Crippen LogP contribution < -0.4 is 20.3 Å². The fourth-order valence-electron chi connectivity index (χ4n) is 12.1. The Morgan fingerprint density at radius 1 is 0.830 bits per heavy atom. The molecule has 20 nitrogen and oxygen atoms in total. The van der Waals surface area contributed by atoms with E-state index in [0.29, 0.717) is 87.5 Å². The van der Waals surface area contributed by atoms with E-state index in [1.807, 2.05) is 114 Å². The Hall–Kier alpha value is -6.79.